The van der Waals surface area contributed by atoms with Crippen LogP contribution >= 0.6 is 0 Å². The van der Waals surface area contributed by atoms with Crippen LogP contribution in [-0.4, -0.2) is 38.7 Å². The normalized spacial score (nSPS) is 13.5. The Bertz CT molecular complexity index is 1080. The van der Waals surface area contributed by atoms with Gasteiger partial charge in [0.25, 0.3) is 5.91 Å². The van der Waals surface area contributed by atoms with Gasteiger partial charge in [-0.25, -0.2) is 0 Å². The first-order valence-electron chi connectivity index (χ1n) is 10.1. The fourth-order valence-electron chi connectivity index (χ4n) is 3.79. The molecule has 1 aliphatic rings. The Kier molecular flexibility index (Phi) is 5.94. The lowest BCUT2D eigenvalue weighted by Gasteiger charge is -2.17. The highest BCUT2D eigenvalue weighted by molar-refractivity contribution is 6.30. The first-order valence-corrected chi connectivity index (χ1v) is 10.1. The van der Waals surface area contributed by atoms with Gasteiger partial charge < -0.3 is 19.1 Å². The van der Waals surface area contributed by atoms with Crippen molar-refractivity contribution in [3.8, 4) is 17.2 Å². The molecule has 1 aliphatic heterocycles. The molecule has 0 N–H and O–H groups in total. The first-order chi connectivity index (χ1) is 15.1. The van der Waals surface area contributed by atoms with E-state index in [9.17, 15) is 4.79 Å². The van der Waals surface area contributed by atoms with Crippen molar-refractivity contribution in [3.05, 3.63) is 89.5 Å². The van der Waals surface area contributed by atoms with Crippen LogP contribution in [0.1, 0.15) is 16.7 Å². The molecule has 0 unspecified atom stereocenters. The Labute approximate surface area is 182 Å². The molecule has 0 bridgehead atoms. The molecule has 3 aromatic rings. The Balaban J connectivity index is 1.69. The van der Waals surface area contributed by atoms with E-state index in [1.165, 1.54) is 0 Å². The van der Waals surface area contributed by atoms with Gasteiger partial charge in [0.05, 0.1) is 26.9 Å². The number of methoxy groups -OCH3 is 3. The zero-order valence-electron chi connectivity index (χ0n) is 17.9. The highest BCUT2D eigenvalue weighted by atomic mass is 16.5. The maximum atomic E-state index is 13.5. The summed E-state index contributed by atoms with van der Waals surface area (Å²) in [6, 6.07) is 23.3. The Hall–Kier alpha value is -3.73. The first kappa shape index (κ1) is 20.5. The third kappa shape index (κ3) is 4.26. The van der Waals surface area contributed by atoms with E-state index in [-0.39, 0.29) is 5.91 Å². The average Bonchev–Trinajstić information content (AvgIpc) is 3.15. The highest BCUT2D eigenvalue weighted by Crippen LogP contribution is 2.36. The standard InChI is InChI=1S/C26H25NO4/c1-29-21-10-4-18(5-11-21)16-27-17-24(19-6-12-22(30-2)13-7-19)25(26(27)28)20-8-14-23(31-3)15-9-20/h4-15H,16-17H2,1-3H3. The summed E-state index contributed by atoms with van der Waals surface area (Å²) >= 11 is 0. The molecule has 31 heavy (non-hydrogen) atoms. The van der Waals surface area contributed by atoms with Crippen molar-refractivity contribution in [2.45, 2.75) is 6.54 Å². The number of ether oxygens (including phenoxy) is 3. The number of amides is 1. The van der Waals surface area contributed by atoms with Crippen LogP contribution in [0.4, 0.5) is 0 Å². The van der Waals surface area contributed by atoms with Crippen LogP contribution in [0.5, 0.6) is 17.2 Å². The van der Waals surface area contributed by atoms with Gasteiger partial charge in [-0.3, -0.25) is 4.79 Å². The molecule has 0 atom stereocenters. The molecule has 0 radical (unpaired) electrons. The molecule has 4 rings (SSSR count). The molecule has 0 spiro atoms. The number of benzene rings is 3. The van der Waals surface area contributed by atoms with Crippen molar-refractivity contribution >= 4 is 17.1 Å². The van der Waals surface area contributed by atoms with Crippen LogP contribution < -0.4 is 14.2 Å². The molecule has 0 saturated carbocycles. The monoisotopic (exact) mass is 415 g/mol. The average molecular weight is 415 g/mol. The minimum Gasteiger partial charge on any atom is -0.497 e. The van der Waals surface area contributed by atoms with E-state index >= 15 is 0 Å². The second kappa shape index (κ2) is 8.96. The summed E-state index contributed by atoms with van der Waals surface area (Å²) in [6.45, 7) is 1.07. The largest absolute Gasteiger partial charge is 0.497 e. The Morgan fingerprint density at radius 2 is 1.13 bits per heavy atom. The summed E-state index contributed by atoms with van der Waals surface area (Å²) in [5.74, 6) is 2.37. The molecule has 158 valence electrons. The quantitative estimate of drug-likeness (QED) is 0.563. The molecule has 3 aromatic carbocycles. The van der Waals surface area contributed by atoms with Gasteiger partial charge in [-0.1, -0.05) is 36.4 Å². The summed E-state index contributed by atoms with van der Waals surface area (Å²) in [6.07, 6.45) is 0. The van der Waals surface area contributed by atoms with Crippen LogP contribution in [0.3, 0.4) is 0 Å². The third-order valence-corrected chi connectivity index (χ3v) is 5.50. The van der Waals surface area contributed by atoms with Crippen LogP contribution in [0.15, 0.2) is 72.8 Å². The van der Waals surface area contributed by atoms with Gasteiger partial charge in [0, 0.05) is 13.1 Å². The van der Waals surface area contributed by atoms with Gasteiger partial charge in [-0.2, -0.15) is 0 Å². The number of rotatable bonds is 7. The van der Waals surface area contributed by atoms with Crippen LogP contribution in [-0.2, 0) is 11.3 Å². The third-order valence-electron chi connectivity index (χ3n) is 5.50. The smallest absolute Gasteiger partial charge is 0.255 e. The van der Waals surface area contributed by atoms with Gasteiger partial charge in [-0.05, 0) is 58.7 Å². The number of nitrogens with zero attached hydrogens (tertiary/aromatic N) is 1. The highest BCUT2D eigenvalue weighted by Gasteiger charge is 2.32. The Morgan fingerprint density at radius 3 is 1.61 bits per heavy atom. The summed E-state index contributed by atoms with van der Waals surface area (Å²) in [5, 5.41) is 0. The van der Waals surface area contributed by atoms with Gasteiger partial charge in [-0.15, -0.1) is 0 Å². The van der Waals surface area contributed by atoms with Gasteiger partial charge in [0.2, 0.25) is 0 Å². The lowest BCUT2D eigenvalue weighted by atomic mass is 9.96. The second-order valence-corrected chi connectivity index (χ2v) is 7.32. The van der Waals surface area contributed by atoms with Crippen molar-refractivity contribution in [2.24, 2.45) is 0 Å². The van der Waals surface area contributed by atoms with E-state index < -0.39 is 0 Å². The zero-order valence-corrected chi connectivity index (χ0v) is 17.9. The van der Waals surface area contributed by atoms with Crippen molar-refractivity contribution < 1.29 is 19.0 Å². The number of carbonyl (C=O) groups is 1. The van der Waals surface area contributed by atoms with Crippen molar-refractivity contribution in [3.63, 3.8) is 0 Å². The molecule has 0 saturated heterocycles. The van der Waals surface area contributed by atoms with Crippen molar-refractivity contribution in [1.82, 2.24) is 4.90 Å². The molecule has 1 heterocycles. The van der Waals surface area contributed by atoms with E-state index in [1.807, 2.05) is 77.7 Å². The molecule has 0 aliphatic carbocycles. The Morgan fingerprint density at radius 1 is 0.677 bits per heavy atom. The van der Waals surface area contributed by atoms with Crippen LogP contribution in [0.2, 0.25) is 0 Å². The predicted octanol–water partition coefficient (Wildman–Crippen LogP) is 4.67. The SMILES string of the molecule is COc1ccc(CN2CC(c3ccc(OC)cc3)=C(c3ccc(OC)cc3)C2=O)cc1. The molecule has 0 fully saturated rings. The topological polar surface area (TPSA) is 48.0 Å². The summed E-state index contributed by atoms with van der Waals surface area (Å²) in [5.41, 5.74) is 4.68. The predicted molar refractivity (Wildman–Crippen MR) is 121 cm³/mol. The number of hydrogen-bond donors (Lipinski definition) is 0. The van der Waals surface area contributed by atoms with Crippen molar-refractivity contribution in [2.75, 3.05) is 27.9 Å². The van der Waals surface area contributed by atoms with Crippen molar-refractivity contribution in [1.29, 1.82) is 0 Å². The van der Waals surface area contributed by atoms with Gasteiger partial charge in [0.1, 0.15) is 17.2 Å². The number of hydrogen-bond acceptors (Lipinski definition) is 4. The van der Waals surface area contributed by atoms with E-state index in [0.717, 1.165) is 45.1 Å². The van der Waals surface area contributed by atoms with E-state index in [1.54, 1.807) is 21.3 Å². The maximum absolute atomic E-state index is 13.5. The lowest BCUT2D eigenvalue weighted by Crippen LogP contribution is -2.26. The molecular weight excluding hydrogens is 390 g/mol. The summed E-state index contributed by atoms with van der Waals surface area (Å²) in [7, 11) is 4.92. The summed E-state index contributed by atoms with van der Waals surface area (Å²) < 4.78 is 15.8. The molecule has 5 heteroatoms. The van der Waals surface area contributed by atoms with Gasteiger partial charge >= 0.3 is 0 Å². The fraction of sp³-hybridized carbons (Fsp3) is 0.192. The molecule has 5 nitrogen and oxygen atoms in total. The lowest BCUT2D eigenvalue weighted by molar-refractivity contribution is -0.124. The molecule has 0 aromatic heterocycles. The van der Waals surface area contributed by atoms with E-state index in [4.69, 9.17) is 14.2 Å². The minimum atomic E-state index is 0.0202. The maximum Gasteiger partial charge on any atom is 0.255 e. The zero-order chi connectivity index (χ0) is 21.8. The summed E-state index contributed by atoms with van der Waals surface area (Å²) in [4.78, 5) is 15.4. The van der Waals surface area contributed by atoms with Gasteiger partial charge in [0.15, 0.2) is 0 Å². The van der Waals surface area contributed by atoms with E-state index in [0.29, 0.717) is 13.1 Å². The minimum absolute atomic E-state index is 0.0202. The molecule has 1 amide bonds. The molecular formula is C26H25NO4. The second-order valence-electron chi connectivity index (χ2n) is 7.32. The van der Waals surface area contributed by atoms with Crippen LogP contribution in [0, 0.1) is 0 Å². The fourth-order valence-corrected chi connectivity index (χ4v) is 3.79. The number of carbonyl (C=O) groups excluding carboxylic acids is 1. The van der Waals surface area contributed by atoms with E-state index in [2.05, 4.69) is 0 Å². The van der Waals surface area contributed by atoms with Crippen LogP contribution in [0.25, 0.3) is 11.1 Å².